The van der Waals surface area contributed by atoms with Gasteiger partial charge in [-0.1, -0.05) is 11.6 Å². The molecule has 1 aromatic rings. The molecule has 4 heteroatoms. The van der Waals surface area contributed by atoms with Crippen LogP contribution in [0.4, 0.5) is 0 Å². The second kappa shape index (κ2) is 6.76. The summed E-state index contributed by atoms with van der Waals surface area (Å²) in [5, 5.41) is 9.27. The van der Waals surface area contributed by atoms with Gasteiger partial charge in [0.25, 0.3) is 0 Å². The normalized spacial score (nSPS) is 21.1. The minimum absolute atomic E-state index is 0.0278. The lowest BCUT2D eigenvalue weighted by molar-refractivity contribution is -0.126. The Morgan fingerprint density at radius 1 is 1.48 bits per heavy atom. The van der Waals surface area contributed by atoms with E-state index in [2.05, 4.69) is 0 Å². The molecule has 114 valence electrons. The molecule has 0 atom stereocenters. The van der Waals surface area contributed by atoms with Gasteiger partial charge >= 0.3 is 0 Å². The first kappa shape index (κ1) is 15.6. The summed E-state index contributed by atoms with van der Waals surface area (Å²) in [6.07, 6.45) is 4.79. The van der Waals surface area contributed by atoms with Gasteiger partial charge in [-0.2, -0.15) is 0 Å². The number of aliphatic hydroxyl groups excluding tert-OH is 1. The second-order valence-electron chi connectivity index (χ2n) is 5.79. The fraction of sp³-hybridized carbons (Fsp3) is 0.471. The Morgan fingerprint density at radius 2 is 2.19 bits per heavy atom. The first-order valence-corrected chi connectivity index (χ1v) is 7.25. The van der Waals surface area contributed by atoms with Gasteiger partial charge < -0.3 is 14.7 Å². The van der Waals surface area contributed by atoms with Gasteiger partial charge in [0.15, 0.2) is 0 Å². The first-order valence-electron chi connectivity index (χ1n) is 7.25. The zero-order chi connectivity index (χ0) is 15.4. The average Bonchev–Trinajstić information content (AvgIpc) is 2.43. The van der Waals surface area contributed by atoms with E-state index < -0.39 is 0 Å². The molecule has 0 aliphatic heterocycles. The smallest absolute Gasteiger partial charge is 0.246 e. The molecule has 1 N–H and O–H groups in total. The largest absolute Gasteiger partial charge is 0.496 e. The second-order valence-corrected chi connectivity index (χ2v) is 5.79. The molecule has 1 aliphatic carbocycles. The monoisotopic (exact) mass is 289 g/mol. The molecule has 0 radical (unpaired) electrons. The molecule has 1 saturated carbocycles. The number of methoxy groups -OCH3 is 1. The maximum absolute atomic E-state index is 12.1. The van der Waals surface area contributed by atoms with E-state index in [9.17, 15) is 9.90 Å². The molecule has 1 fully saturated rings. The highest BCUT2D eigenvalue weighted by Crippen LogP contribution is 2.27. The number of aryl methyl sites for hydroxylation is 1. The third-order valence-electron chi connectivity index (χ3n) is 3.91. The van der Waals surface area contributed by atoms with Gasteiger partial charge in [-0.15, -0.1) is 0 Å². The number of amides is 1. The Labute approximate surface area is 126 Å². The van der Waals surface area contributed by atoms with Crippen molar-refractivity contribution in [1.82, 2.24) is 4.90 Å². The van der Waals surface area contributed by atoms with Gasteiger partial charge in [-0.3, -0.25) is 4.79 Å². The number of rotatable bonds is 5. The van der Waals surface area contributed by atoms with Crippen LogP contribution in [-0.4, -0.2) is 42.7 Å². The molecule has 0 unspecified atom stereocenters. The number of aliphatic hydroxyl groups is 1. The molecule has 4 nitrogen and oxygen atoms in total. The van der Waals surface area contributed by atoms with Gasteiger partial charge in [0.2, 0.25) is 5.91 Å². The van der Waals surface area contributed by atoms with Gasteiger partial charge in [0.1, 0.15) is 5.75 Å². The number of carbonyl (C=O) groups excluding carboxylic acids is 1. The number of hydrogen-bond donors (Lipinski definition) is 1. The van der Waals surface area contributed by atoms with E-state index in [-0.39, 0.29) is 12.0 Å². The highest BCUT2D eigenvalue weighted by molar-refractivity contribution is 5.92. The standard InChI is InChI=1S/C17H23NO3/c1-12-4-6-16(21-3)14(8-12)5-7-17(20)18(2)11-13-9-15(19)10-13/h4-8,13,15,19H,9-11H2,1-3H3. The van der Waals surface area contributed by atoms with Crippen LogP contribution in [0, 0.1) is 12.8 Å². The van der Waals surface area contributed by atoms with E-state index >= 15 is 0 Å². The molecule has 1 aromatic carbocycles. The SMILES string of the molecule is COc1ccc(C)cc1C=CC(=O)N(C)CC1CC(O)C1. The molecular formula is C17H23NO3. The fourth-order valence-corrected chi connectivity index (χ4v) is 2.60. The zero-order valence-electron chi connectivity index (χ0n) is 12.9. The molecule has 1 aliphatic rings. The van der Waals surface area contributed by atoms with Crippen LogP contribution in [0.25, 0.3) is 6.08 Å². The number of benzene rings is 1. The third kappa shape index (κ3) is 4.08. The molecule has 0 bridgehead atoms. The van der Waals surface area contributed by atoms with Crippen molar-refractivity contribution in [3.63, 3.8) is 0 Å². The third-order valence-corrected chi connectivity index (χ3v) is 3.91. The van der Waals surface area contributed by atoms with Crippen LogP contribution >= 0.6 is 0 Å². The summed E-state index contributed by atoms with van der Waals surface area (Å²) in [4.78, 5) is 13.8. The Bertz CT molecular complexity index is 533. The summed E-state index contributed by atoms with van der Waals surface area (Å²) in [5.41, 5.74) is 2.03. The molecule has 1 amide bonds. The lowest BCUT2D eigenvalue weighted by atomic mass is 9.82. The van der Waals surface area contributed by atoms with Gasteiger partial charge in [0, 0.05) is 25.2 Å². The van der Waals surface area contributed by atoms with Crippen molar-refractivity contribution < 1.29 is 14.6 Å². The van der Waals surface area contributed by atoms with E-state index in [0.29, 0.717) is 12.5 Å². The van der Waals surface area contributed by atoms with Crippen molar-refractivity contribution in [2.45, 2.75) is 25.9 Å². The Morgan fingerprint density at radius 3 is 2.81 bits per heavy atom. The van der Waals surface area contributed by atoms with Gasteiger partial charge in [0.05, 0.1) is 13.2 Å². The van der Waals surface area contributed by atoms with Crippen LogP contribution in [0.5, 0.6) is 5.75 Å². The Hall–Kier alpha value is -1.81. The van der Waals surface area contributed by atoms with E-state index in [1.807, 2.05) is 25.1 Å². The molecule has 0 aromatic heterocycles. The topological polar surface area (TPSA) is 49.8 Å². The average molecular weight is 289 g/mol. The maximum Gasteiger partial charge on any atom is 0.246 e. The number of carbonyl (C=O) groups is 1. The zero-order valence-corrected chi connectivity index (χ0v) is 12.9. The van der Waals surface area contributed by atoms with Crippen LogP contribution in [0.2, 0.25) is 0 Å². The summed E-state index contributed by atoms with van der Waals surface area (Å²) >= 11 is 0. The molecular weight excluding hydrogens is 266 g/mol. The van der Waals surface area contributed by atoms with E-state index in [1.165, 1.54) is 0 Å². The minimum Gasteiger partial charge on any atom is -0.496 e. The van der Waals surface area contributed by atoms with Crippen molar-refractivity contribution in [3.8, 4) is 5.75 Å². The highest BCUT2D eigenvalue weighted by atomic mass is 16.5. The van der Waals surface area contributed by atoms with Crippen LogP contribution in [0.15, 0.2) is 24.3 Å². The van der Waals surface area contributed by atoms with Crippen LogP contribution in [-0.2, 0) is 4.79 Å². The summed E-state index contributed by atoms with van der Waals surface area (Å²) in [6.45, 7) is 2.71. The summed E-state index contributed by atoms with van der Waals surface area (Å²) < 4.78 is 5.29. The number of likely N-dealkylation sites (N-methyl/N-ethyl adjacent to an activating group) is 1. The summed E-state index contributed by atoms with van der Waals surface area (Å²) in [6, 6.07) is 5.87. The van der Waals surface area contributed by atoms with Crippen molar-refractivity contribution in [1.29, 1.82) is 0 Å². The predicted molar refractivity (Wildman–Crippen MR) is 83.1 cm³/mol. The van der Waals surface area contributed by atoms with Gasteiger partial charge in [-0.05, 0) is 43.9 Å². The quantitative estimate of drug-likeness (QED) is 0.846. The molecule has 21 heavy (non-hydrogen) atoms. The van der Waals surface area contributed by atoms with E-state index in [4.69, 9.17) is 4.74 Å². The first-order chi connectivity index (χ1) is 9.99. The van der Waals surface area contributed by atoms with Gasteiger partial charge in [-0.25, -0.2) is 0 Å². The van der Waals surface area contributed by atoms with Crippen molar-refractivity contribution in [3.05, 3.63) is 35.4 Å². The highest BCUT2D eigenvalue weighted by Gasteiger charge is 2.28. The van der Waals surface area contributed by atoms with Crippen LogP contribution in [0.3, 0.4) is 0 Å². The van der Waals surface area contributed by atoms with Crippen LogP contribution < -0.4 is 4.74 Å². The predicted octanol–water partition coefficient (Wildman–Crippen LogP) is 2.25. The number of ether oxygens (including phenoxy) is 1. The van der Waals surface area contributed by atoms with Crippen LogP contribution in [0.1, 0.15) is 24.0 Å². The number of hydrogen-bond acceptors (Lipinski definition) is 3. The lowest BCUT2D eigenvalue weighted by Gasteiger charge is -2.34. The van der Waals surface area contributed by atoms with Crippen molar-refractivity contribution in [2.75, 3.05) is 20.7 Å². The lowest BCUT2D eigenvalue weighted by Crippen LogP contribution is -2.38. The summed E-state index contributed by atoms with van der Waals surface area (Å²) in [7, 11) is 3.42. The molecule has 0 spiro atoms. The molecule has 0 saturated heterocycles. The van der Waals surface area contributed by atoms with Crippen molar-refractivity contribution >= 4 is 12.0 Å². The summed E-state index contributed by atoms with van der Waals surface area (Å²) in [5.74, 6) is 1.16. The van der Waals surface area contributed by atoms with E-state index in [0.717, 1.165) is 29.7 Å². The molecule has 0 heterocycles. The maximum atomic E-state index is 12.1. The molecule has 2 rings (SSSR count). The minimum atomic E-state index is -0.175. The fourth-order valence-electron chi connectivity index (χ4n) is 2.60. The number of nitrogens with zero attached hydrogens (tertiary/aromatic N) is 1. The Kier molecular flexibility index (Phi) is 5.02. The Balaban J connectivity index is 1.96. The van der Waals surface area contributed by atoms with Crippen molar-refractivity contribution in [2.24, 2.45) is 5.92 Å². The van der Waals surface area contributed by atoms with E-state index in [1.54, 1.807) is 31.2 Å².